The number of carbonyl (C=O) groups is 1. The molecule has 0 saturated heterocycles. The average molecular weight is 353 g/mol. The standard InChI is InChI=1S/C19H19N3O2S/c1-13-4-3-5-15(10-13)24-18-9-7-16(25-18)12-22-19(23)14-6-8-17(20-2)21-11-14/h3-11H,12H2,1-2H3,(H,20,21)(H,22,23). The molecule has 6 heteroatoms. The zero-order valence-electron chi connectivity index (χ0n) is 14.1. The number of aromatic nitrogens is 1. The van der Waals surface area contributed by atoms with E-state index in [9.17, 15) is 4.79 Å². The number of nitrogens with zero attached hydrogens (tertiary/aromatic N) is 1. The van der Waals surface area contributed by atoms with E-state index >= 15 is 0 Å². The van der Waals surface area contributed by atoms with Gasteiger partial charge in [0.1, 0.15) is 11.6 Å². The van der Waals surface area contributed by atoms with Crippen LogP contribution in [0.4, 0.5) is 5.82 Å². The van der Waals surface area contributed by atoms with Crippen LogP contribution in [0.5, 0.6) is 10.8 Å². The molecule has 0 aliphatic rings. The number of benzene rings is 1. The molecule has 5 nitrogen and oxygen atoms in total. The Morgan fingerprint density at radius 2 is 2.08 bits per heavy atom. The molecule has 2 heterocycles. The van der Waals surface area contributed by atoms with Gasteiger partial charge in [0.05, 0.1) is 12.1 Å². The number of hydrogen-bond donors (Lipinski definition) is 2. The molecular weight excluding hydrogens is 334 g/mol. The van der Waals surface area contributed by atoms with Gasteiger partial charge in [-0.2, -0.15) is 0 Å². The smallest absolute Gasteiger partial charge is 0.253 e. The molecule has 0 bridgehead atoms. The van der Waals surface area contributed by atoms with Gasteiger partial charge in [0.25, 0.3) is 5.91 Å². The molecule has 0 fully saturated rings. The minimum atomic E-state index is -0.148. The largest absolute Gasteiger partial charge is 0.447 e. The Labute approximate surface area is 150 Å². The molecule has 25 heavy (non-hydrogen) atoms. The van der Waals surface area contributed by atoms with Gasteiger partial charge < -0.3 is 15.4 Å². The normalized spacial score (nSPS) is 10.3. The highest BCUT2D eigenvalue weighted by atomic mass is 32.1. The maximum atomic E-state index is 12.2. The topological polar surface area (TPSA) is 63.2 Å². The fourth-order valence-corrected chi connectivity index (χ4v) is 3.06. The van der Waals surface area contributed by atoms with Crippen molar-refractivity contribution in [2.45, 2.75) is 13.5 Å². The number of thiophene rings is 1. The second-order valence-electron chi connectivity index (χ2n) is 5.50. The number of ether oxygens (including phenoxy) is 1. The highest BCUT2D eigenvalue weighted by Gasteiger charge is 2.08. The number of hydrogen-bond acceptors (Lipinski definition) is 5. The molecule has 1 aromatic carbocycles. The van der Waals surface area contributed by atoms with Crippen LogP contribution in [0.2, 0.25) is 0 Å². The summed E-state index contributed by atoms with van der Waals surface area (Å²) in [5.74, 6) is 1.39. The van der Waals surface area contributed by atoms with E-state index in [4.69, 9.17) is 4.74 Å². The number of anilines is 1. The van der Waals surface area contributed by atoms with Gasteiger partial charge in [-0.1, -0.05) is 12.1 Å². The van der Waals surface area contributed by atoms with Crippen molar-refractivity contribution in [3.05, 3.63) is 70.7 Å². The Hall–Kier alpha value is -2.86. The lowest BCUT2D eigenvalue weighted by molar-refractivity contribution is 0.0951. The minimum Gasteiger partial charge on any atom is -0.447 e. The lowest BCUT2D eigenvalue weighted by Gasteiger charge is -2.05. The Morgan fingerprint density at radius 3 is 2.80 bits per heavy atom. The lowest BCUT2D eigenvalue weighted by Crippen LogP contribution is -2.22. The first-order valence-corrected chi connectivity index (χ1v) is 8.71. The van der Waals surface area contributed by atoms with Crippen LogP contribution in [0.25, 0.3) is 0 Å². The van der Waals surface area contributed by atoms with Crippen molar-refractivity contribution < 1.29 is 9.53 Å². The summed E-state index contributed by atoms with van der Waals surface area (Å²) in [5, 5.41) is 6.62. The summed E-state index contributed by atoms with van der Waals surface area (Å²) in [5.41, 5.74) is 1.69. The van der Waals surface area contributed by atoms with Gasteiger partial charge in [-0.3, -0.25) is 4.79 Å². The molecule has 0 radical (unpaired) electrons. The molecule has 128 valence electrons. The van der Waals surface area contributed by atoms with Crippen molar-refractivity contribution in [3.63, 3.8) is 0 Å². The maximum Gasteiger partial charge on any atom is 0.253 e. The van der Waals surface area contributed by atoms with Gasteiger partial charge in [0, 0.05) is 18.1 Å². The maximum absolute atomic E-state index is 12.2. The number of pyridine rings is 1. The molecule has 0 spiro atoms. The van der Waals surface area contributed by atoms with Gasteiger partial charge in [0.15, 0.2) is 5.06 Å². The summed E-state index contributed by atoms with van der Waals surface area (Å²) < 4.78 is 5.85. The quantitative estimate of drug-likeness (QED) is 0.697. The van der Waals surface area contributed by atoms with Crippen molar-refractivity contribution in [3.8, 4) is 10.8 Å². The van der Waals surface area contributed by atoms with E-state index in [1.807, 2.05) is 43.3 Å². The molecule has 2 N–H and O–H groups in total. The zero-order chi connectivity index (χ0) is 17.6. The predicted molar refractivity (Wildman–Crippen MR) is 101 cm³/mol. The van der Waals surface area contributed by atoms with E-state index < -0.39 is 0 Å². The first-order valence-electron chi connectivity index (χ1n) is 7.89. The summed E-state index contributed by atoms with van der Waals surface area (Å²) in [6.07, 6.45) is 1.56. The minimum absolute atomic E-state index is 0.148. The molecule has 3 rings (SSSR count). The van der Waals surface area contributed by atoms with Gasteiger partial charge in [-0.25, -0.2) is 4.98 Å². The summed E-state index contributed by atoms with van der Waals surface area (Å²) in [7, 11) is 1.79. The third-order valence-electron chi connectivity index (χ3n) is 3.55. The van der Waals surface area contributed by atoms with Crippen LogP contribution in [0.1, 0.15) is 20.8 Å². The van der Waals surface area contributed by atoms with E-state index in [1.54, 1.807) is 25.4 Å². The first-order chi connectivity index (χ1) is 12.1. The number of nitrogens with one attached hydrogen (secondary N) is 2. The molecule has 0 aliphatic heterocycles. The Bertz CT molecular complexity index is 859. The molecular formula is C19H19N3O2S. The molecule has 0 aliphatic carbocycles. The van der Waals surface area contributed by atoms with E-state index in [-0.39, 0.29) is 5.91 Å². The molecule has 0 saturated carbocycles. The van der Waals surface area contributed by atoms with Crippen LogP contribution in [-0.2, 0) is 6.54 Å². The SMILES string of the molecule is CNc1ccc(C(=O)NCc2ccc(Oc3cccc(C)c3)s2)cn1. The van der Waals surface area contributed by atoms with Crippen LogP contribution in [0, 0.1) is 6.92 Å². The Balaban J connectivity index is 1.56. The van der Waals surface area contributed by atoms with Crippen LogP contribution in [0.15, 0.2) is 54.7 Å². The third-order valence-corrected chi connectivity index (χ3v) is 4.51. The van der Waals surface area contributed by atoms with E-state index in [2.05, 4.69) is 15.6 Å². The zero-order valence-corrected chi connectivity index (χ0v) is 14.9. The van der Waals surface area contributed by atoms with Gasteiger partial charge in [0.2, 0.25) is 0 Å². The molecule has 1 amide bonds. The van der Waals surface area contributed by atoms with Crippen LogP contribution in [-0.4, -0.2) is 17.9 Å². The van der Waals surface area contributed by atoms with E-state index in [0.29, 0.717) is 12.1 Å². The number of amides is 1. The second kappa shape index (κ2) is 7.81. The van der Waals surface area contributed by atoms with Crippen molar-refractivity contribution in [1.29, 1.82) is 0 Å². The summed E-state index contributed by atoms with van der Waals surface area (Å²) in [6, 6.07) is 15.3. The van der Waals surface area contributed by atoms with Gasteiger partial charge in [-0.05, 0) is 48.9 Å². The first kappa shape index (κ1) is 17.0. The van der Waals surface area contributed by atoms with Crippen molar-refractivity contribution in [2.75, 3.05) is 12.4 Å². The van der Waals surface area contributed by atoms with Crippen LogP contribution < -0.4 is 15.4 Å². The Morgan fingerprint density at radius 1 is 1.20 bits per heavy atom. The lowest BCUT2D eigenvalue weighted by atomic mass is 10.2. The third kappa shape index (κ3) is 4.58. The van der Waals surface area contributed by atoms with Crippen LogP contribution in [0.3, 0.4) is 0 Å². The highest BCUT2D eigenvalue weighted by molar-refractivity contribution is 7.13. The summed E-state index contributed by atoms with van der Waals surface area (Å²) >= 11 is 1.51. The Kier molecular flexibility index (Phi) is 5.30. The van der Waals surface area contributed by atoms with Crippen molar-refractivity contribution in [2.24, 2.45) is 0 Å². The van der Waals surface area contributed by atoms with Crippen molar-refractivity contribution in [1.82, 2.24) is 10.3 Å². The molecule has 0 unspecified atom stereocenters. The van der Waals surface area contributed by atoms with Gasteiger partial charge in [-0.15, -0.1) is 11.3 Å². The van der Waals surface area contributed by atoms with Crippen LogP contribution >= 0.6 is 11.3 Å². The summed E-state index contributed by atoms with van der Waals surface area (Å²) in [6.45, 7) is 2.48. The predicted octanol–water partition coefficient (Wildman–Crippen LogP) is 4.22. The fourth-order valence-electron chi connectivity index (χ4n) is 2.25. The van der Waals surface area contributed by atoms with Crippen molar-refractivity contribution >= 4 is 23.1 Å². The molecule has 0 atom stereocenters. The number of carbonyl (C=O) groups excluding carboxylic acids is 1. The number of aryl methyl sites for hydroxylation is 1. The molecule has 2 aromatic heterocycles. The molecule has 3 aromatic rings. The fraction of sp³-hybridized carbons (Fsp3) is 0.158. The summed E-state index contributed by atoms with van der Waals surface area (Å²) in [4.78, 5) is 17.3. The second-order valence-corrected chi connectivity index (χ2v) is 6.63. The van der Waals surface area contributed by atoms with E-state index in [0.717, 1.165) is 27.1 Å². The van der Waals surface area contributed by atoms with E-state index in [1.165, 1.54) is 11.3 Å². The number of rotatable bonds is 6. The van der Waals surface area contributed by atoms with Gasteiger partial charge >= 0.3 is 0 Å². The highest BCUT2D eigenvalue weighted by Crippen LogP contribution is 2.29. The average Bonchev–Trinajstić information content (AvgIpc) is 3.07. The monoisotopic (exact) mass is 353 g/mol.